The fraction of sp³-hybridized carbons (Fsp3) is 0. The van der Waals surface area contributed by atoms with Crippen molar-refractivity contribution in [2.24, 2.45) is 0 Å². The lowest BCUT2D eigenvalue weighted by Gasteiger charge is -2.06. The van der Waals surface area contributed by atoms with Crippen LogP contribution in [0.25, 0.3) is 21.8 Å². The Kier molecular flexibility index (Phi) is 4.96. The van der Waals surface area contributed by atoms with E-state index < -0.39 is 0 Å². The van der Waals surface area contributed by atoms with Crippen LogP contribution in [0.15, 0.2) is 84.2 Å². The molecule has 5 heteroatoms. The normalized spacial score (nSPS) is 10.2. The van der Waals surface area contributed by atoms with E-state index in [1.165, 1.54) is 0 Å². The Morgan fingerprint density at radius 3 is 2.46 bits per heavy atom. The highest BCUT2D eigenvalue weighted by Crippen LogP contribution is 2.29. The van der Waals surface area contributed by atoms with Crippen LogP contribution in [-0.4, -0.2) is 10.9 Å². The van der Waals surface area contributed by atoms with E-state index in [2.05, 4.69) is 5.32 Å². The molecule has 1 amide bonds. The van der Waals surface area contributed by atoms with Crippen molar-refractivity contribution in [1.82, 2.24) is 4.98 Å². The maximum Gasteiger partial charge on any atom is 0.255 e. The minimum atomic E-state index is -0.245. The summed E-state index contributed by atoms with van der Waals surface area (Å²) in [7, 11) is 0. The van der Waals surface area contributed by atoms with Crippen LogP contribution in [0.3, 0.4) is 0 Å². The van der Waals surface area contributed by atoms with E-state index in [9.17, 15) is 4.79 Å². The molecule has 1 aromatic heterocycles. The predicted octanol–water partition coefficient (Wildman–Crippen LogP) is 5.60. The first kappa shape index (κ1) is 17.7. The van der Waals surface area contributed by atoms with E-state index in [-0.39, 0.29) is 5.91 Å². The van der Waals surface area contributed by atoms with Crippen LogP contribution in [-0.2, 0) is 0 Å². The summed E-state index contributed by atoms with van der Waals surface area (Å²) in [6.45, 7) is 0. The number of nitriles is 1. The van der Waals surface area contributed by atoms with Gasteiger partial charge in [0, 0.05) is 27.8 Å². The predicted molar refractivity (Wildman–Crippen MR) is 112 cm³/mol. The van der Waals surface area contributed by atoms with Gasteiger partial charge in [-0.1, -0.05) is 48.5 Å². The average molecular weight is 381 g/mol. The first-order valence-electron chi connectivity index (χ1n) is 8.66. The molecule has 0 atom stereocenters. The summed E-state index contributed by atoms with van der Waals surface area (Å²) in [4.78, 5) is 17.1. The van der Waals surface area contributed by atoms with Gasteiger partial charge in [0.2, 0.25) is 0 Å². The number of carbonyl (C=O) groups excluding carboxylic acids is 1. The van der Waals surface area contributed by atoms with Gasteiger partial charge < -0.3 is 5.32 Å². The van der Waals surface area contributed by atoms with Gasteiger partial charge >= 0.3 is 0 Å². The average Bonchev–Trinajstić information content (AvgIpc) is 3.25. The second-order valence-corrected chi connectivity index (χ2v) is 6.99. The Bertz CT molecular complexity index is 1160. The minimum Gasteiger partial charge on any atom is -0.322 e. The van der Waals surface area contributed by atoms with E-state index >= 15 is 0 Å². The van der Waals surface area contributed by atoms with E-state index in [4.69, 9.17) is 10.2 Å². The van der Waals surface area contributed by atoms with Gasteiger partial charge in [0.05, 0.1) is 17.3 Å². The molecule has 4 nitrogen and oxygen atoms in total. The summed E-state index contributed by atoms with van der Waals surface area (Å²) < 4.78 is 0. The van der Waals surface area contributed by atoms with E-state index in [0.717, 1.165) is 21.8 Å². The van der Waals surface area contributed by atoms with Gasteiger partial charge in [-0.3, -0.25) is 4.79 Å². The van der Waals surface area contributed by atoms with Crippen molar-refractivity contribution in [2.75, 3.05) is 5.32 Å². The fourth-order valence-corrected chi connectivity index (χ4v) is 3.61. The second kappa shape index (κ2) is 7.87. The molecule has 28 heavy (non-hydrogen) atoms. The molecule has 4 aromatic rings. The van der Waals surface area contributed by atoms with Crippen LogP contribution in [0.5, 0.6) is 0 Å². The molecule has 0 radical (unpaired) electrons. The standard InChI is InChI=1S/C23H15N3OS/c24-14-16-5-4-8-19(13-16)22(27)25-20-11-9-17(10-12-20)21-15-28-23(26-21)18-6-2-1-3-7-18/h1-13,15H,(H,25,27). The van der Waals surface area contributed by atoms with Crippen molar-refractivity contribution in [3.8, 4) is 27.9 Å². The van der Waals surface area contributed by atoms with Crippen LogP contribution in [0.2, 0.25) is 0 Å². The lowest BCUT2D eigenvalue weighted by molar-refractivity contribution is 0.102. The number of nitrogens with zero attached hydrogens (tertiary/aromatic N) is 2. The largest absolute Gasteiger partial charge is 0.322 e. The van der Waals surface area contributed by atoms with Crippen LogP contribution in [0.1, 0.15) is 15.9 Å². The summed E-state index contributed by atoms with van der Waals surface area (Å²) in [6.07, 6.45) is 0. The molecule has 0 saturated heterocycles. The Balaban J connectivity index is 1.49. The highest BCUT2D eigenvalue weighted by atomic mass is 32.1. The third kappa shape index (κ3) is 3.83. The van der Waals surface area contributed by atoms with Gasteiger partial charge in [-0.05, 0) is 30.3 Å². The van der Waals surface area contributed by atoms with E-state index in [1.54, 1.807) is 35.6 Å². The number of carbonyl (C=O) groups is 1. The summed E-state index contributed by atoms with van der Waals surface area (Å²) in [6, 6.07) is 26.3. The quantitative estimate of drug-likeness (QED) is 0.500. The van der Waals surface area contributed by atoms with Gasteiger partial charge in [0.15, 0.2) is 0 Å². The molecule has 0 bridgehead atoms. The molecular formula is C23H15N3OS. The molecule has 1 heterocycles. The van der Waals surface area contributed by atoms with Gasteiger partial charge in [-0.25, -0.2) is 4.98 Å². The first-order chi connectivity index (χ1) is 13.7. The van der Waals surface area contributed by atoms with Crippen LogP contribution >= 0.6 is 11.3 Å². The van der Waals surface area contributed by atoms with Crippen molar-refractivity contribution in [2.45, 2.75) is 0 Å². The second-order valence-electron chi connectivity index (χ2n) is 6.13. The van der Waals surface area contributed by atoms with Crippen molar-refractivity contribution >= 4 is 22.9 Å². The lowest BCUT2D eigenvalue weighted by atomic mass is 10.1. The van der Waals surface area contributed by atoms with Gasteiger partial charge in [-0.15, -0.1) is 11.3 Å². The fourth-order valence-electron chi connectivity index (χ4n) is 2.78. The Labute approximate surface area is 166 Å². The molecule has 0 aliphatic carbocycles. The molecule has 0 aliphatic heterocycles. The summed E-state index contributed by atoms with van der Waals surface area (Å²) in [5.41, 5.74) is 4.60. The number of hydrogen-bond acceptors (Lipinski definition) is 4. The molecule has 0 spiro atoms. The Morgan fingerprint density at radius 2 is 1.71 bits per heavy atom. The molecule has 0 unspecified atom stereocenters. The molecule has 0 aliphatic rings. The zero-order valence-electron chi connectivity index (χ0n) is 14.8. The maximum atomic E-state index is 12.4. The number of hydrogen-bond donors (Lipinski definition) is 1. The lowest BCUT2D eigenvalue weighted by Crippen LogP contribution is -2.11. The Morgan fingerprint density at radius 1 is 0.929 bits per heavy atom. The van der Waals surface area contributed by atoms with Crippen molar-refractivity contribution in [3.63, 3.8) is 0 Å². The van der Waals surface area contributed by atoms with Crippen LogP contribution in [0, 0.1) is 11.3 Å². The van der Waals surface area contributed by atoms with Crippen molar-refractivity contribution < 1.29 is 4.79 Å². The van der Waals surface area contributed by atoms with E-state index in [0.29, 0.717) is 16.8 Å². The number of benzene rings is 3. The molecular weight excluding hydrogens is 366 g/mol. The molecule has 3 aromatic carbocycles. The van der Waals surface area contributed by atoms with Crippen molar-refractivity contribution in [3.05, 3.63) is 95.4 Å². The number of anilines is 1. The topological polar surface area (TPSA) is 65.8 Å². The maximum absolute atomic E-state index is 12.4. The molecule has 1 N–H and O–H groups in total. The van der Waals surface area contributed by atoms with Crippen molar-refractivity contribution in [1.29, 1.82) is 5.26 Å². The molecule has 0 saturated carbocycles. The van der Waals surface area contributed by atoms with Gasteiger partial charge in [-0.2, -0.15) is 5.26 Å². The smallest absolute Gasteiger partial charge is 0.255 e. The number of amides is 1. The van der Waals surface area contributed by atoms with E-state index in [1.807, 2.05) is 66.0 Å². The van der Waals surface area contributed by atoms with Gasteiger partial charge in [0.25, 0.3) is 5.91 Å². The molecule has 4 rings (SSSR count). The third-order valence-electron chi connectivity index (χ3n) is 4.22. The zero-order valence-corrected chi connectivity index (χ0v) is 15.6. The Hall–Kier alpha value is -3.75. The highest BCUT2D eigenvalue weighted by molar-refractivity contribution is 7.13. The summed E-state index contributed by atoms with van der Waals surface area (Å²) in [5, 5.41) is 14.8. The molecule has 134 valence electrons. The third-order valence-corrected chi connectivity index (χ3v) is 5.11. The molecule has 0 fully saturated rings. The van der Waals surface area contributed by atoms with Crippen LogP contribution < -0.4 is 5.32 Å². The number of thiazole rings is 1. The SMILES string of the molecule is N#Cc1cccc(C(=O)Nc2ccc(-c3csc(-c4ccccc4)n3)cc2)c1. The number of aromatic nitrogens is 1. The monoisotopic (exact) mass is 381 g/mol. The number of nitrogens with one attached hydrogen (secondary N) is 1. The first-order valence-corrected chi connectivity index (χ1v) is 9.54. The zero-order chi connectivity index (χ0) is 19.3. The minimum absolute atomic E-state index is 0.245. The van der Waals surface area contributed by atoms with Gasteiger partial charge in [0.1, 0.15) is 5.01 Å². The summed E-state index contributed by atoms with van der Waals surface area (Å²) >= 11 is 1.61. The van der Waals surface area contributed by atoms with Crippen LogP contribution in [0.4, 0.5) is 5.69 Å². The highest BCUT2D eigenvalue weighted by Gasteiger charge is 2.09. The summed E-state index contributed by atoms with van der Waals surface area (Å²) in [5.74, 6) is -0.245. The number of rotatable bonds is 4.